The summed E-state index contributed by atoms with van der Waals surface area (Å²) < 4.78 is 9.96. The molecule has 0 aliphatic heterocycles. The van der Waals surface area contributed by atoms with Crippen molar-refractivity contribution in [2.45, 2.75) is 97.3 Å². The fourth-order valence-corrected chi connectivity index (χ4v) is 2.34. The van der Waals surface area contributed by atoms with Crippen LogP contribution in [0.3, 0.4) is 0 Å². The lowest BCUT2D eigenvalue weighted by Gasteiger charge is -2.02. The Morgan fingerprint density at radius 3 is 1.92 bits per heavy atom. The highest BCUT2D eigenvalue weighted by atomic mass is 16.5. The summed E-state index contributed by atoms with van der Waals surface area (Å²) in [6, 6.07) is 0. The van der Waals surface area contributed by atoms with E-state index < -0.39 is 0 Å². The van der Waals surface area contributed by atoms with Gasteiger partial charge in [-0.1, -0.05) is 70.6 Å². The second kappa shape index (κ2) is 18.8. The molecule has 0 amide bonds. The summed E-state index contributed by atoms with van der Waals surface area (Å²) in [5.74, 6) is 5.37. The molecule has 0 atom stereocenters. The molecule has 0 aromatic rings. The Labute approximate surface area is 154 Å². The van der Waals surface area contributed by atoms with Gasteiger partial charge in [-0.05, 0) is 19.3 Å². The highest BCUT2D eigenvalue weighted by molar-refractivity contribution is 5.72. The van der Waals surface area contributed by atoms with Gasteiger partial charge in [-0.25, -0.2) is 0 Å². The number of hydrogen-bond acceptors (Lipinski definition) is 4. The van der Waals surface area contributed by atoms with E-state index in [1.165, 1.54) is 44.9 Å². The Kier molecular flexibility index (Phi) is 17.7. The SMILES string of the molecule is CCCCCCCCCCC#CCOC(=O)CCCC(=O)OCCC. The zero-order chi connectivity index (χ0) is 18.6. The molecule has 0 heterocycles. The van der Waals surface area contributed by atoms with Gasteiger partial charge in [0.15, 0.2) is 6.61 Å². The minimum Gasteiger partial charge on any atom is -0.466 e. The van der Waals surface area contributed by atoms with E-state index in [1.54, 1.807) is 0 Å². The maximum atomic E-state index is 11.5. The summed E-state index contributed by atoms with van der Waals surface area (Å²) in [5, 5.41) is 0. The highest BCUT2D eigenvalue weighted by Crippen LogP contribution is 2.09. The van der Waals surface area contributed by atoms with Crippen LogP contribution in [-0.2, 0) is 19.1 Å². The molecule has 0 aromatic carbocycles. The first-order valence-electron chi connectivity index (χ1n) is 9.97. The molecule has 0 aliphatic rings. The van der Waals surface area contributed by atoms with Gasteiger partial charge in [-0.2, -0.15) is 0 Å². The Bertz CT molecular complexity index is 392. The molecule has 0 spiro atoms. The minimum absolute atomic E-state index is 0.149. The van der Waals surface area contributed by atoms with E-state index in [4.69, 9.17) is 9.47 Å². The maximum Gasteiger partial charge on any atom is 0.306 e. The fourth-order valence-electron chi connectivity index (χ4n) is 2.34. The summed E-state index contributed by atoms with van der Waals surface area (Å²) in [6.07, 6.45) is 13.0. The van der Waals surface area contributed by atoms with Crippen molar-refractivity contribution >= 4 is 11.9 Å². The number of rotatable bonds is 15. The van der Waals surface area contributed by atoms with Gasteiger partial charge in [0.1, 0.15) is 0 Å². The Morgan fingerprint density at radius 1 is 0.680 bits per heavy atom. The molecule has 25 heavy (non-hydrogen) atoms. The summed E-state index contributed by atoms with van der Waals surface area (Å²) >= 11 is 0. The third-order valence-electron chi connectivity index (χ3n) is 3.81. The lowest BCUT2D eigenvalue weighted by Crippen LogP contribution is -2.08. The van der Waals surface area contributed by atoms with Gasteiger partial charge >= 0.3 is 11.9 Å². The molecule has 0 aromatic heterocycles. The van der Waals surface area contributed by atoms with Crippen LogP contribution in [0.1, 0.15) is 97.3 Å². The first kappa shape index (κ1) is 23.5. The van der Waals surface area contributed by atoms with Crippen LogP contribution < -0.4 is 0 Å². The van der Waals surface area contributed by atoms with Gasteiger partial charge in [0.2, 0.25) is 0 Å². The normalized spacial score (nSPS) is 10.0. The molecule has 144 valence electrons. The van der Waals surface area contributed by atoms with Gasteiger partial charge < -0.3 is 9.47 Å². The van der Waals surface area contributed by atoms with Crippen LogP contribution in [0.15, 0.2) is 0 Å². The first-order valence-corrected chi connectivity index (χ1v) is 9.97. The average molecular weight is 353 g/mol. The lowest BCUT2D eigenvalue weighted by atomic mass is 10.1. The van der Waals surface area contributed by atoms with Crippen molar-refractivity contribution in [1.29, 1.82) is 0 Å². The van der Waals surface area contributed by atoms with Crippen LogP contribution in [0.25, 0.3) is 0 Å². The largest absolute Gasteiger partial charge is 0.466 e. The molecule has 0 aliphatic carbocycles. The summed E-state index contributed by atoms with van der Waals surface area (Å²) in [7, 11) is 0. The maximum absolute atomic E-state index is 11.5. The van der Waals surface area contributed by atoms with Crippen molar-refractivity contribution in [3.05, 3.63) is 0 Å². The van der Waals surface area contributed by atoms with Gasteiger partial charge in [0, 0.05) is 19.3 Å². The zero-order valence-electron chi connectivity index (χ0n) is 16.2. The van der Waals surface area contributed by atoms with Crippen molar-refractivity contribution in [3.63, 3.8) is 0 Å². The number of carbonyl (C=O) groups is 2. The van der Waals surface area contributed by atoms with Crippen LogP contribution >= 0.6 is 0 Å². The van der Waals surface area contributed by atoms with E-state index >= 15 is 0 Å². The predicted octanol–water partition coefficient (Wildman–Crippen LogP) is 5.19. The van der Waals surface area contributed by atoms with Crippen molar-refractivity contribution in [2.75, 3.05) is 13.2 Å². The highest BCUT2D eigenvalue weighted by Gasteiger charge is 2.06. The van der Waals surface area contributed by atoms with Crippen LogP contribution in [0.2, 0.25) is 0 Å². The van der Waals surface area contributed by atoms with E-state index in [9.17, 15) is 9.59 Å². The fraction of sp³-hybridized carbons (Fsp3) is 0.810. The molecule has 0 N–H and O–H groups in total. The number of esters is 2. The monoisotopic (exact) mass is 352 g/mol. The van der Waals surface area contributed by atoms with E-state index in [0.717, 1.165) is 19.3 Å². The first-order chi connectivity index (χ1) is 12.2. The lowest BCUT2D eigenvalue weighted by molar-refractivity contribution is -0.144. The van der Waals surface area contributed by atoms with Crippen molar-refractivity contribution in [1.82, 2.24) is 0 Å². The quantitative estimate of drug-likeness (QED) is 0.231. The Balaban J connectivity index is 3.39. The smallest absolute Gasteiger partial charge is 0.306 e. The molecule has 4 nitrogen and oxygen atoms in total. The Morgan fingerprint density at radius 2 is 1.28 bits per heavy atom. The summed E-state index contributed by atoms with van der Waals surface area (Å²) in [5.41, 5.74) is 0. The zero-order valence-corrected chi connectivity index (χ0v) is 16.2. The Hall–Kier alpha value is -1.50. The second-order valence-electron chi connectivity index (χ2n) is 6.31. The number of carbonyl (C=O) groups excluding carboxylic acids is 2. The van der Waals surface area contributed by atoms with Crippen molar-refractivity contribution in [2.24, 2.45) is 0 Å². The molecule has 0 saturated carbocycles. The molecular weight excluding hydrogens is 316 g/mol. The molecule has 4 heteroatoms. The van der Waals surface area contributed by atoms with E-state index in [1.807, 2.05) is 6.92 Å². The van der Waals surface area contributed by atoms with Gasteiger partial charge in [0.25, 0.3) is 0 Å². The average Bonchev–Trinajstić information content (AvgIpc) is 2.61. The molecule has 0 unspecified atom stereocenters. The van der Waals surface area contributed by atoms with E-state index in [0.29, 0.717) is 13.0 Å². The summed E-state index contributed by atoms with van der Waals surface area (Å²) in [4.78, 5) is 22.7. The van der Waals surface area contributed by atoms with Gasteiger partial charge in [-0.3, -0.25) is 9.59 Å². The minimum atomic E-state index is -0.301. The molecular formula is C21H36O4. The topological polar surface area (TPSA) is 52.6 Å². The standard InChI is InChI=1S/C21H36O4/c1-3-5-6-7-8-9-10-11-12-13-14-19-25-21(23)17-15-16-20(22)24-18-4-2/h3-12,15-19H2,1-2H3. The number of ether oxygens (including phenoxy) is 2. The number of unbranched alkanes of at least 4 members (excludes halogenated alkanes) is 8. The van der Waals surface area contributed by atoms with Gasteiger partial charge in [-0.15, -0.1) is 0 Å². The van der Waals surface area contributed by atoms with Crippen LogP contribution in [-0.4, -0.2) is 25.2 Å². The molecule has 0 radical (unpaired) electrons. The summed E-state index contributed by atoms with van der Waals surface area (Å²) in [6.45, 7) is 4.77. The van der Waals surface area contributed by atoms with Crippen LogP contribution in [0.4, 0.5) is 0 Å². The van der Waals surface area contributed by atoms with Crippen LogP contribution in [0, 0.1) is 11.8 Å². The van der Waals surface area contributed by atoms with Crippen LogP contribution in [0.5, 0.6) is 0 Å². The molecule has 0 saturated heterocycles. The molecule has 0 bridgehead atoms. The third kappa shape index (κ3) is 18.7. The van der Waals surface area contributed by atoms with Crippen molar-refractivity contribution < 1.29 is 19.1 Å². The third-order valence-corrected chi connectivity index (χ3v) is 3.81. The van der Waals surface area contributed by atoms with Gasteiger partial charge in [0.05, 0.1) is 6.61 Å². The van der Waals surface area contributed by atoms with E-state index in [-0.39, 0.29) is 31.4 Å². The number of hydrogen-bond donors (Lipinski definition) is 0. The molecule has 0 rings (SSSR count). The molecule has 0 fully saturated rings. The predicted molar refractivity (Wildman–Crippen MR) is 101 cm³/mol. The van der Waals surface area contributed by atoms with Crippen molar-refractivity contribution in [3.8, 4) is 11.8 Å². The van der Waals surface area contributed by atoms with E-state index in [2.05, 4.69) is 18.8 Å². The second-order valence-corrected chi connectivity index (χ2v) is 6.31.